The lowest BCUT2D eigenvalue weighted by Gasteiger charge is -2.12. The number of para-hydroxylation sites is 1. The molecular weight excluding hydrogens is 518 g/mol. The van der Waals surface area contributed by atoms with Crippen molar-refractivity contribution in [2.45, 2.75) is 4.90 Å². The third-order valence-electron chi connectivity index (χ3n) is 5.25. The minimum absolute atomic E-state index is 0.0808. The van der Waals surface area contributed by atoms with Crippen molar-refractivity contribution >= 4 is 58.5 Å². The number of carbonyl (C=O) groups excluding carboxylic acids is 3. The molecule has 4 rings (SSSR count). The fraction of sp³-hybridized carbons (Fsp3) is 0.0333. The number of carbonyl (C=O) groups is 3. The van der Waals surface area contributed by atoms with E-state index in [1.165, 1.54) is 11.8 Å². The number of nitrogens with one attached hydrogen (secondary N) is 3. The highest BCUT2D eigenvalue weighted by atomic mass is 35.5. The van der Waals surface area contributed by atoms with Crippen LogP contribution >= 0.6 is 23.4 Å². The van der Waals surface area contributed by atoms with Gasteiger partial charge in [-0.15, -0.1) is 11.8 Å². The second kappa shape index (κ2) is 13.3. The van der Waals surface area contributed by atoms with Crippen molar-refractivity contribution in [1.82, 2.24) is 5.32 Å². The van der Waals surface area contributed by atoms with Crippen LogP contribution in [0.3, 0.4) is 0 Å². The maximum atomic E-state index is 13.1. The Morgan fingerprint density at radius 3 is 1.97 bits per heavy atom. The molecule has 38 heavy (non-hydrogen) atoms. The van der Waals surface area contributed by atoms with Crippen LogP contribution in [0, 0.1) is 0 Å². The minimum atomic E-state index is -0.480. The molecular formula is C30H24ClN3O3S. The van der Waals surface area contributed by atoms with Gasteiger partial charge in [0.05, 0.1) is 5.75 Å². The highest BCUT2D eigenvalue weighted by Crippen LogP contribution is 2.21. The Bertz CT molecular complexity index is 1430. The molecule has 0 spiro atoms. The first kappa shape index (κ1) is 26.7. The predicted molar refractivity (Wildman–Crippen MR) is 154 cm³/mol. The standard InChI is InChI=1S/C30H24ClN3O3S/c31-23-13-11-21(12-14-23)19-27(34-29(36)22-7-3-1-4-8-22)30(37)33-25-15-17-26(18-16-25)38-20-28(35)32-24-9-5-2-6-10-24/h1-19H,20H2,(H,32,35)(H,33,37)(H,34,36)/b27-19-. The van der Waals surface area contributed by atoms with E-state index in [1.54, 1.807) is 66.7 Å². The number of hydrogen-bond acceptors (Lipinski definition) is 4. The quantitative estimate of drug-likeness (QED) is 0.167. The lowest BCUT2D eigenvalue weighted by Crippen LogP contribution is -2.30. The summed E-state index contributed by atoms with van der Waals surface area (Å²) in [6, 6.07) is 32.0. The van der Waals surface area contributed by atoms with Crippen LogP contribution in [0.25, 0.3) is 6.08 Å². The van der Waals surface area contributed by atoms with E-state index >= 15 is 0 Å². The van der Waals surface area contributed by atoms with Crippen LogP contribution in [0.15, 0.2) is 120 Å². The molecule has 4 aromatic carbocycles. The van der Waals surface area contributed by atoms with Gasteiger partial charge < -0.3 is 16.0 Å². The number of halogens is 1. The summed E-state index contributed by atoms with van der Waals surface area (Å²) < 4.78 is 0. The highest BCUT2D eigenvalue weighted by molar-refractivity contribution is 8.00. The van der Waals surface area contributed by atoms with Crippen molar-refractivity contribution in [3.8, 4) is 0 Å². The second-order valence-corrected chi connectivity index (χ2v) is 9.60. The van der Waals surface area contributed by atoms with Crippen molar-refractivity contribution in [3.05, 3.63) is 131 Å². The molecule has 0 atom stereocenters. The third kappa shape index (κ3) is 8.09. The zero-order valence-corrected chi connectivity index (χ0v) is 21.8. The lowest BCUT2D eigenvalue weighted by atomic mass is 10.1. The van der Waals surface area contributed by atoms with Gasteiger partial charge in [-0.25, -0.2) is 0 Å². The lowest BCUT2D eigenvalue weighted by molar-refractivity contribution is -0.114. The molecule has 0 aromatic heterocycles. The summed E-state index contributed by atoms with van der Waals surface area (Å²) in [6.45, 7) is 0. The molecule has 0 saturated carbocycles. The van der Waals surface area contributed by atoms with Crippen molar-refractivity contribution in [1.29, 1.82) is 0 Å². The Labute approximate surface area is 230 Å². The zero-order valence-electron chi connectivity index (χ0n) is 20.2. The molecule has 190 valence electrons. The third-order valence-corrected chi connectivity index (χ3v) is 6.51. The van der Waals surface area contributed by atoms with Crippen LogP contribution in [0.5, 0.6) is 0 Å². The maximum Gasteiger partial charge on any atom is 0.272 e. The van der Waals surface area contributed by atoms with Gasteiger partial charge in [0.25, 0.3) is 11.8 Å². The summed E-state index contributed by atoms with van der Waals surface area (Å²) >= 11 is 7.36. The fourth-order valence-corrected chi connectivity index (χ4v) is 4.19. The maximum absolute atomic E-state index is 13.1. The van der Waals surface area contributed by atoms with Crippen LogP contribution in [-0.2, 0) is 9.59 Å². The topological polar surface area (TPSA) is 87.3 Å². The van der Waals surface area contributed by atoms with E-state index in [2.05, 4.69) is 16.0 Å². The van der Waals surface area contributed by atoms with Crippen LogP contribution < -0.4 is 16.0 Å². The summed E-state index contributed by atoms with van der Waals surface area (Å²) in [5.74, 6) is -0.738. The second-order valence-electron chi connectivity index (χ2n) is 8.11. The number of amides is 3. The molecule has 0 aliphatic heterocycles. The van der Waals surface area contributed by atoms with E-state index in [9.17, 15) is 14.4 Å². The Morgan fingerprint density at radius 1 is 0.711 bits per heavy atom. The van der Waals surface area contributed by atoms with Crippen molar-refractivity contribution < 1.29 is 14.4 Å². The largest absolute Gasteiger partial charge is 0.325 e. The molecule has 0 fully saturated rings. The molecule has 0 aliphatic carbocycles. The van der Waals surface area contributed by atoms with Crippen LogP contribution in [0.1, 0.15) is 15.9 Å². The van der Waals surface area contributed by atoms with Crippen LogP contribution in [0.4, 0.5) is 11.4 Å². The number of rotatable bonds is 9. The van der Waals surface area contributed by atoms with E-state index in [-0.39, 0.29) is 17.4 Å². The fourth-order valence-electron chi connectivity index (χ4n) is 3.37. The SMILES string of the molecule is O=C(CSc1ccc(NC(=O)/C(=C/c2ccc(Cl)cc2)NC(=O)c2ccccc2)cc1)Nc1ccccc1. The summed E-state index contributed by atoms with van der Waals surface area (Å²) in [7, 11) is 0. The molecule has 0 unspecified atom stereocenters. The van der Waals surface area contributed by atoms with E-state index < -0.39 is 11.8 Å². The van der Waals surface area contributed by atoms with E-state index in [0.29, 0.717) is 21.8 Å². The number of thioether (sulfide) groups is 1. The normalized spacial score (nSPS) is 10.9. The highest BCUT2D eigenvalue weighted by Gasteiger charge is 2.15. The first-order valence-electron chi connectivity index (χ1n) is 11.7. The average molecular weight is 542 g/mol. The molecule has 0 heterocycles. The minimum Gasteiger partial charge on any atom is -0.325 e. The molecule has 0 aliphatic rings. The van der Waals surface area contributed by atoms with Gasteiger partial charge in [0.1, 0.15) is 5.70 Å². The molecule has 4 aromatic rings. The molecule has 6 nitrogen and oxygen atoms in total. The van der Waals surface area contributed by atoms with Gasteiger partial charge in [0.15, 0.2) is 0 Å². The molecule has 0 bridgehead atoms. The Hall–Kier alpha value is -4.33. The van der Waals surface area contributed by atoms with Gasteiger partial charge in [-0.2, -0.15) is 0 Å². The molecule has 0 radical (unpaired) electrons. The van der Waals surface area contributed by atoms with Crippen molar-refractivity contribution in [3.63, 3.8) is 0 Å². The molecule has 8 heteroatoms. The summed E-state index contributed by atoms with van der Waals surface area (Å²) in [4.78, 5) is 39.0. The smallest absolute Gasteiger partial charge is 0.272 e. The summed E-state index contributed by atoms with van der Waals surface area (Å²) in [5.41, 5.74) is 2.51. The molecule has 0 saturated heterocycles. The van der Waals surface area contributed by atoms with Gasteiger partial charge in [-0.1, -0.05) is 60.1 Å². The van der Waals surface area contributed by atoms with Gasteiger partial charge >= 0.3 is 0 Å². The van der Waals surface area contributed by atoms with Crippen molar-refractivity contribution in [2.24, 2.45) is 0 Å². The van der Waals surface area contributed by atoms with Gasteiger partial charge in [-0.05, 0) is 72.3 Å². The molecule has 3 amide bonds. The first-order chi connectivity index (χ1) is 18.5. The molecule has 3 N–H and O–H groups in total. The monoisotopic (exact) mass is 541 g/mol. The summed E-state index contributed by atoms with van der Waals surface area (Å²) in [6.07, 6.45) is 1.59. The average Bonchev–Trinajstić information content (AvgIpc) is 2.94. The Morgan fingerprint density at radius 2 is 1.32 bits per heavy atom. The number of benzene rings is 4. The van der Waals surface area contributed by atoms with E-state index in [1.807, 2.05) is 48.5 Å². The Balaban J connectivity index is 1.40. The van der Waals surface area contributed by atoms with Crippen LogP contribution in [0.2, 0.25) is 5.02 Å². The van der Waals surface area contributed by atoms with Gasteiger partial charge in [0, 0.05) is 26.9 Å². The van der Waals surface area contributed by atoms with Gasteiger partial charge in [-0.3, -0.25) is 14.4 Å². The number of hydrogen-bond donors (Lipinski definition) is 3. The zero-order chi connectivity index (χ0) is 26.7. The summed E-state index contributed by atoms with van der Waals surface area (Å²) in [5, 5.41) is 8.94. The first-order valence-corrected chi connectivity index (χ1v) is 13.1. The van der Waals surface area contributed by atoms with E-state index in [4.69, 9.17) is 11.6 Å². The predicted octanol–water partition coefficient (Wildman–Crippen LogP) is 6.48. The Kier molecular flexibility index (Phi) is 9.34. The number of anilines is 2. The van der Waals surface area contributed by atoms with Crippen LogP contribution in [-0.4, -0.2) is 23.5 Å². The van der Waals surface area contributed by atoms with E-state index in [0.717, 1.165) is 10.6 Å². The van der Waals surface area contributed by atoms with Crippen molar-refractivity contribution in [2.75, 3.05) is 16.4 Å². The van der Waals surface area contributed by atoms with Gasteiger partial charge in [0.2, 0.25) is 5.91 Å².